The number of carbonyl (C=O) groups is 1. The Hall–Kier alpha value is -3.70. The summed E-state index contributed by atoms with van der Waals surface area (Å²) in [6, 6.07) is 24.9. The maximum atomic E-state index is 13.7. The second-order valence-corrected chi connectivity index (χ2v) is 12.7. The highest BCUT2D eigenvalue weighted by molar-refractivity contribution is 9.10. The van der Waals surface area contributed by atoms with Gasteiger partial charge in [-0.05, 0) is 55.8 Å². The molecule has 1 aliphatic carbocycles. The number of halogens is 1. The standard InChI is InChI=1S/C35H33BrN2O2/c1-6-18-37-28-15-11-10-14-26(28)34(2,3)30(37)20-24-32(39)25(33(24)40)21-31-35(4,5)27-19-22(36)16-17-29(27)38(31)23-12-8-7-9-13-23/h7-17,19-21H,6,18H2,1-5H3/p+1. The fraction of sp³-hybridized carbons (Fsp3) is 0.257. The third kappa shape index (κ3) is 3.86. The lowest BCUT2D eigenvalue weighted by Crippen LogP contribution is -2.31. The summed E-state index contributed by atoms with van der Waals surface area (Å²) < 4.78 is 3.31. The van der Waals surface area contributed by atoms with Gasteiger partial charge in [0.1, 0.15) is 12.3 Å². The number of benzene rings is 3. The number of nitrogens with zero attached hydrogens (tertiary/aromatic N) is 2. The molecule has 40 heavy (non-hydrogen) atoms. The Labute approximate surface area is 244 Å². The summed E-state index contributed by atoms with van der Waals surface area (Å²) >= 11 is 3.64. The molecule has 0 radical (unpaired) electrons. The highest BCUT2D eigenvalue weighted by Gasteiger charge is 2.47. The van der Waals surface area contributed by atoms with Crippen LogP contribution in [0.2, 0.25) is 0 Å². The Morgan fingerprint density at radius 1 is 0.900 bits per heavy atom. The first kappa shape index (κ1) is 26.5. The van der Waals surface area contributed by atoms with E-state index in [0.717, 1.165) is 45.8 Å². The van der Waals surface area contributed by atoms with Crippen LogP contribution in [0.1, 0.15) is 52.2 Å². The van der Waals surface area contributed by atoms with Gasteiger partial charge in [-0.25, -0.2) is 0 Å². The zero-order chi connectivity index (χ0) is 28.4. The molecule has 0 atom stereocenters. The molecule has 3 aromatic carbocycles. The van der Waals surface area contributed by atoms with Crippen LogP contribution in [0.15, 0.2) is 112 Å². The number of fused-ring (bicyclic) bond motifs is 2. The quantitative estimate of drug-likeness (QED) is 0.238. The molecule has 6 rings (SSSR count). The molecule has 2 aliphatic heterocycles. The molecule has 0 amide bonds. The van der Waals surface area contributed by atoms with E-state index in [2.05, 4.69) is 109 Å². The Kier molecular flexibility index (Phi) is 6.26. The number of aliphatic hydroxyl groups is 1. The van der Waals surface area contributed by atoms with Crippen molar-refractivity contribution in [1.82, 2.24) is 0 Å². The molecule has 3 aromatic rings. The molecular formula is C35H34BrN2O2+. The molecule has 4 nitrogen and oxygen atoms in total. The third-order valence-electron chi connectivity index (χ3n) is 8.58. The molecule has 0 unspecified atom stereocenters. The lowest BCUT2D eigenvalue weighted by molar-refractivity contribution is -0.437. The van der Waals surface area contributed by atoms with Gasteiger partial charge in [-0.1, -0.05) is 73.1 Å². The number of ketones is 1. The predicted molar refractivity (Wildman–Crippen MR) is 166 cm³/mol. The summed E-state index contributed by atoms with van der Waals surface area (Å²) in [4.78, 5) is 15.9. The van der Waals surface area contributed by atoms with Gasteiger partial charge < -0.3 is 10.0 Å². The Balaban J connectivity index is 1.47. The zero-order valence-corrected chi connectivity index (χ0v) is 25.2. The number of hydrogen-bond acceptors (Lipinski definition) is 3. The summed E-state index contributed by atoms with van der Waals surface area (Å²) in [5.74, 6) is -0.0594. The van der Waals surface area contributed by atoms with Crippen molar-refractivity contribution in [2.75, 3.05) is 11.4 Å². The van der Waals surface area contributed by atoms with Crippen LogP contribution in [-0.2, 0) is 15.6 Å². The topological polar surface area (TPSA) is 43.5 Å². The van der Waals surface area contributed by atoms with Crippen LogP contribution in [0.3, 0.4) is 0 Å². The maximum absolute atomic E-state index is 13.7. The molecule has 0 aromatic heterocycles. The van der Waals surface area contributed by atoms with Crippen LogP contribution in [0.25, 0.3) is 0 Å². The molecule has 1 N–H and O–H groups in total. The fourth-order valence-electron chi connectivity index (χ4n) is 6.40. The van der Waals surface area contributed by atoms with E-state index in [1.54, 1.807) is 0 Å². The lowest BCUT2D eigenvalue weighted by atomic mass is 9.77. The number of aliphatic hydroxyl groups excluding tert-OH is 1. The molecule has 202 valence electrons. The second kappa shape index (κ2) is 9.45. The van der Waals surface area contributed by atoms with Gasteiger partial charge in [0.15, 0.2) is 5.71 Å². The normalized spacial score (nSPS) is 20.9. The third-order valence-corrected chi connectivity index (χ3v) is 9.07. The summed E-state index contributed by atoms with van der Waals surface area (Å²) in [6.45, 7) is 11.7. The van der Waals surface area contributed by atoms with E-state index in [0.29, 0.717) is 11.1 Å². The molecule has 0 saturated heterocycles. The number of rotatable bonds is 5. The number of Topliss-reactive ketones (excluding diaryl/α,β-unsaturated/α-hetero) is 1. The summed E-state index contributed by atoms with van der Waals surface area (Å²) in [5.41, 5.74) is 7.74. The zero-order valence-electron chi connectivity index (χ0n) is 23.6. The summed E-state index contributed by atoms with van der Waals surface area (Å²) in [6.07, 6.45) is 4.78. The van der Waals surface area contributed by atoms with Gasteiger partial charge in [0.05, 0.1) is 22.2 Å². The van der Waals surface area contributed by atoms with E-state index < -0.39 is 0 Å². The highest BCUT2D eigenvalue weighted by Crippen LogP contribution is 2.53. The number of hydrogen-bond donors (Lipinski definition) is 1. The van der Waals surface area contributed by atoms with Gasteiger partial charge in [0, 0.05) is 45.4 Å². The van der Waals surface area contributed by atoms with Crippen molar-refractivity contribution < 1.29 is 14.5 Å². The van der Waals surface area contributed by atoms with Crippen molar-refractivity contribution in [1.29, 1.82) is 0 Å². The first-order valence-electron chi connectivity index (χ1n) is 13.9. The van der Waals surface area contributed by atoms with Crippen molar-refractivity contribution in [3.8, 4) is 0 Å². The second-order valence-electron chi connectivity index (χ2n) is 11.8. The molecule has 0 saturated carbocycles. The van der Waals surface area contributed by atoms with Gasteiger partial charge in [-0.3, -0.25) is 4.79 Å². The number of para-hydroxylation sites is 2. The summed E-state index contributed by atoms with van der Waals surface area (Å²) in [5, 5.41) is 11.3. The van der Waals surface area contributed by atoms with E-state index in [1.807, 2.05) is 36.4 Å². The van der Waals surface area contributed by atoms with Gasteiger partial charge in [-0.2, -0.15) is 4.58 Å². The number of anilines is 2. The Bertz CT molecular complexity index is 1690. The molecule has 2 heterocycles. The van der Waals surface area contributed by atoms with Crippen molar-refractivity contribution in [3.63, 3.8) is 0 Å². The lowest BCUT2D eigenvalue weighted by Gasteiger charge is -2.29. The van der Waals surface area contributed by atoms with Crippen LogP contribution in [0.5, 0.6) is 0 Å². The van der Waals surface area contributed by atoms with Crippen LogP contribution < -0.4 is 4.90 Å². The van der Waals surface area contributed by atoms with Crippen LogP contribution in [-0.4, -0.2) is 27.7 Å². The van der Waals surface area contributed by atoms with E-state index in [9.17, 15) is 9.90 Å². The van der Waals surface area contributed by atoms with Gasteiger partial charge in [0.25, 0.3) is 0 Å². The highest BCUT2D eigenvalue weighted by atomic mass is 79.9. The maximum Gasteiger partial charge on any atom is 0.209 e. The first-order valence-corrected chi connectivity index (χ1v) is 14.7. The van der Waals surface area contributed by atoms with Gasteiger partial charge >= 0.3 is 0 Å². The average Bonchev–Trinajstić information content (AvgIpc) is 3.29. The molecule has 0 bridgehead atoms. The predicted octanol–water partition coefficient (Wildman–Crippen LogP) is 8.57. The van der Waals surface area contributed by atoms with Crippen LogP contribution in [0.4, 0.5) is 17.1 Å². The van der Waals surface area contributed by atoms with Crippen molar-refractivity contribution in [2.24, 2.45) is 0 Å². The molecule has 3 aliphatic rings. The molecular weight excluding hydrogens is 560 g/mol. The van der Waals surface area contributed by atoms with E-state index in [4.69, 9.17) is 0 Å². The average molecular weight is 595 g/mol. The SMILES string of the molecule is CCC[N+]1=C(C=C2C(=O)C(/C=C3/N(c4ccccc4)c4ccc(Br)cc4C3(C)C)=C2O)C(C)(C)c2ccccc21. The molecule has 0 fully saturated rings. The van der Waals surface area contributed by atoms with Gasteiger partial charge in [-0.15, -0.1) is 0 Å². The smallest absolute Gasteiger partial charge is 0.209 e. The van der Waals surface area contributed by atoms with Crippen LogP contribution >= 0.6 is 15.9 Å². The monoisotopic (exact) mass is 593 g/mol. The summed E-state index contributed by atoms with van der Waals surface area (Å²) in [7, 11) is 0. The Morgan fingerprint density at radius 2 is 1.60 bits per heavy atom. The fourth-order valence-corrected chi connectivity index (χ4v) is 6.76. The number of allylic oxidation sites excluding steroid dienone is 5. The molecule has 5 heteroatoms. The Morgan fingerprint density at radius 3 is 2.30 bits per heavy atom. The van der Waals surface area contributed by atoms with E-state index in [-0.39, 0.29) is 22.4 Å². The largest absolute Gasteiger partial charge is 0.506 e. The minimum absolute atomic E-state index is 0.0640. The van der Waals surface area contributed by atoms with E-state index >= 15 is 0 Å². The van der Waals surface area contributed by atoms with Gasteiger partial charge in [0.2, 0.25) is 11.5 Å². The first-order chi connectivity index (χ1) is 19.1. The minimum Gasteiger partial charge on any atom is -0.506 e. The van der Waals surface area contributed by atoms with Crippen molar-refractivity contribution in [3.05, 3.63) is 123 Å². The minimum atomic E-state index is -0.385. The van der Waals surface area contributed by atoms with E-state index in [1.165, 1.54) is 11.3 Å². The number of carbonyl (C=O) groups excluding carboxylic acids is 1. The van der Waals surface area contributed by atoms with Crippen LogP contribution in [0, 0.1) is 0 Å². The van der Waals surface area contributed by atoms with Crippen molar-refractivity contribution in [2.45, 2.75) is 51.9 Å². The van der Waals surface area contributed by atoms with Crippen molar-refractivity contribution >= 4 is 44.5 Å². The molecule has 0 spiro atoms.